The fourth-order valence-corrected chi connectivity index (χ4v) is 8.89. The highest BCUT2D eigenvalue weighted by Gasteiger charge is 2.43. The lowest BCUT2D eigenvalue weighted by molar-refractivity contribution is -0.0445. The Balaban J connectivity index is 0.000000152. The molecule has 0 radical (unpaired) electrons. The third kappa shape index (κ3) is 6.11. The first kappa shape index (κ1) is 32.7. The van der Waals surface area contributed by atoms with Crippen molar-refractivity contribution in [1.29, 1.82) is 0 Å². The number of aromatic nitrogens is 2. The van der Waals surface area contributed by atoms with E-state index in [2.05, 4.69) is 45.1 Å². The minimum atomic E-state index is -0.504. The number of methoxy groups -OCH3 is 2. The highest BCUT2D eigenvalue weighted by atomic mass is 16.5. The van der Waals surface area contributed by atoms with E-state index in [0.717, 1.165) is 83.5 Å². The van der Waals surface area contributed by atoms with Crippen LogP contribution in [0.3, 0.4) is 0 Å². The van der Waals surface area contributed by atoms with Crippen LogP contribution in [0.25, 0.3) is 21.8 Å². The van der Waals surface area contributed by atoms with E-state index in [4.69, 9.17) is 9.47 Å². The van der Waals surface area contributed by atoms with E-state index >= 15 is 0 Å². The molecule has 2 aromatic carbocycles. The van der Waals surface area contributed by atoms with Gasteiger partial charge in [0, 0.05) is 48.3 Å². The molecule has 0 spiro atoms. The van der Waals surface area contributed by atoms with Gasteiger partial charge in [0.2, 0.25) is 0 Å². The summed E-state index contributed by atoms with van der Waals surface area (Å²) in [5.41, 5.74) is 3.69. The molecule has 8 nitrogen and oxygen atoms in total. The first-order valence-corrected chi connectivity index (χ1v) is 17.4. The normalized spacial score (nSPS) is 30.2. The Kier molecular flexibility index (Phi) is 9.52. The van der Waals surface area contributed by atoms with E-state index in [9.17, 15) is 10.2 Å². The topological polar surface area (TPSA) is 91.2 Å². The van der Waals surface area contributed by atoms with Gasteiger partial charge in [0.1, 0.15) is 11.5 Å². The SMILES string of the molecule is C=C[C@H]1CN2CC[C@H]1C[C@H]2[C@H](O)c1ccnc2ccc(OC)cc12.C=C[C@H]1CN2CC[C@H]1C[C@H]2[C@H](O)c1ccnc2ccc(OC)cc12. The molecule has 48 heavy (non-hydrogen) atoms. The molecule has 6 saturated heterocycles. The first-order valence-electron chi connectivity index (χ1n) is 17.4. The molecule has 0 amide bonds. The Morgan fingerprint density at radius 3 is 1.50 bits per heavy atom. The molecule has 0 saturated carbocycles. The molecule has 2 N–H and O–H groups in total. The van der Waals surface area contributed by atoms with Crippen LogP contribution in [-0.4, -0.2) is 82.5 Å². The lowest BCUT2D eigenvalue weighted by Crippen LogP contribution is -2.54. The fourth-order valence-electron chi connectivity index (χ4n) is 8.89. The highest BCUT2D eigenvalue weighted by Crippen LogP contribution is 2.43. The summed E-state index contributed by atoms with van der Waals surface area (Å²) < 4.78 is 10.7. The molecule has 10 atom stereocenters. The van der Waals surface area contributed by atoms with Gasteiger partial charge in [-0.1, -0.05) is 12.2 Å². The average Bonchev–Trinajstić information content (AvgIpc) is 3.16. The van der Waals surface area contributed by atoms with Crippen molar-refractivity contribution in [1.82, 2.24) is 19.8 Å². The number of benzene rings is 2. The molecule has 2 aromatic heterocycles. The van der Waals surface area contributed by atoms with Gasteiger partial charge < -0.3 is 19.7 Å². The molecule has 6 aliphatic rings. The van der Waals surface area contributed by atoms with E-state index in [0.29, 0.717) is 23.7 Å². The van der Waals surface area contributed by atoms with Crippen LogP contribution in [0.1, 0.15) is 49.0 Å². The molecule has 4 aromatic rings. The van der Waals surface area contributed by atoms with Gasteiger partial charge in [-0.15, -0.1) is 13.2 Å². The van der Waals surface area contributed by atoms with Crippen molar-refractivity contribution in [2.24, 2.45) is 23.7 Å². The van der Waals surface area contributed by atoms with E-state index in [1.54, 1.807) is 26.6 Å². The van der Waals surface area contributed by atoms with Gasteiger partial charge in [-0.25, -0.2) is 0 Å². The molecule has 2 unspecified atom stereocenters. The number of aliphatic hydroxyl groups excluding tert-OH is 2. The van der Waals surface area contributed by atoms with Crippen LogP contribution in [0.2, 0.25) is 0 Å². The number of aliphatic hydroxyl groups is 2. The van der Waals surface area contributed by atoms with Crippen LogP contribution in [0.15, 0.2) is 86.2 Å². The molecule has 252 valence electrons. The smallest absolute Gasteiger partial charge is 0.119 e. The summed E-state index contributed by atoms with van der Waals surface area (Å²) in [6.45, 7) is 12.1. The van der Waals surface area contributed by atoms with Gasteiger partial charge in [-0.2, -0.15) is 0 Å². The summed E-state index contributed by atoms with van der Waals surface area (Å²) in [6, 6.07) is 15.9. The zero-order chi connectivity index (χ0) is 33.4. The van der Waals surface area contributed by atoms with Crippen molar-refractivity contribution in [2.75, 3.05) is 40.4 Å². The maximum atomic E-state index is 11.2. The van der Waals surface area contributed by atoms with Gasteiger partial charge >= 0.3 is 0 Å². The molecule has 6 aliphatic heterocycles. The summed E-state index contributed by atoms with van der Waals surface area (Å²) in [5, 5.41) is 24.3. The first-order chi connectivity index (χ1) is 23.4. The number of piperidine rings is 6. The molecule has 8 heterocycles. The number of nitrogens with zero attached hydrogens (tertiary/aromatic N) is 4. The van der Waals surface area contributed by atoms with E-state index < -0.39 is 12.2 Å². The fraction of sp³-hybridized carbons (Fsp3) is 0.450. The zero-order valence-corrected chi connectivity index (χ0v) is 28.1. The Morgan fingerprint density at radius 1 is 0.708 bits per heavy atom. The zero-order valence-electron chi connectivity index (χ0n) is 28.1. The Hall–Kier alpha value is -3.82. The van der Waals surface area contributed by atoms with Crippen LogP contribution in [0, 0.1) is 23.7 Å². The lowest BCUT2D eigenvalue weighted by Gasteiger charge is -2.50. The second kappa shape index (κ2) is 14.0. The Bertz CT molecular complexity index is 1650. The number of fused-ring (bicyclic) bond motifs is 8. The minimum absolute atomic E-state index is 0.178. The lowest BCUT2D eigenvalue weighted by atomic mass is 9.73. The van der Waals surface area contributed by atoms with Crippen LogP contribution in [0.4, 0.5) is 0 Å². The predicted octanol–water partition coefficient (Wildman–Crippen LogP) is 6.35. The van der Waals surface area contributed by atoms with Crippen LogP contribution in [-0.2, 0) is 0 Å². The van der Waals surface area contributed by atoms with Crippen molar-refractivity contribution in [3.05, 3.63) is 97.4 Å². The Morgan fingerprint density at radius 2 is 1.15 bits per heavy atom. The Labute approximate surface area is 283 Å². The van der Waals surface area contributed by atoms with Gasteiger partial charge in [0.05, 0.1) is 37.5 Å². The van der Waals surface area contributed by atoms with Gasteiger partial charge in [0.25, 0.3) is 0 Å². The number of ether oxygens (including phenoxy) is 2. The number of hydrogen-bond acceptors (Lipinski definition) is 8. The molecule has 8 heteroatoms. The summed E-state index contributed by atoms with van der Waals surface area (Å²) >= 11 is 0. The minimum Gasteiger partial charge on any atom is -0.497 e. The summed E-state index contributed by atoms with van der Waals surface area (Å²) in [7, 11) is 3.32. The maximum Gasteiger partial charge on any atom is 0.119 e. The third-order valence-electron chi connectivity index (χ3n) is 11.6. The molecule has 10 rings (SSSR count). The van der Waals surface area contributed by atoms with E-state index in [-0.39, 0.29) is 12.1 Å². The van der Waals surface area contributed by atoms with Crippen LogP contribution < -0.4 is 9.47 Å². The monoisotopic (exact) mass is 648 g/mol. The second-order valence-electron chi connectivity index (χ2n) is 13.9. The largest absolute Gasteiger partial charge is 0.497 e. The summed E-state index contributed by atoms with van der Waals surface area (Å²) in [6.07, 6.45) is 11.2. The average molecular weight is 649 g/mol. The number of rotatable bonds is 8. The number of pyridine rings is 2. The summed E-state index contributed by atoms with van der Waals surface area (Å²) in [5.74, 6) is 4.01. The van der Waals surface area contributed by atoms with Crippen molar-refractivity contribution in [2.45, 2.75) is 50.0 Å². The molecule has 0 aliphatic carbocycles. The predicted molar refractivity (Wildman–Crippen MR) is 190 cm³/mol. The van der Waals surface area contributed by atoms with Gasteiger partial charge in [-0.3, -0.25) is 19.8 Å². The van der Waals surface area contributed by atoms with Crippen molar-refractivity contribution < 1.29 is 19.7 Å². The standard InChI is InChI=1S/2C20H24N2O2/c2*1-3-13-12-22-9-7-14(13)10-19(22)20(23)16-6-8-21-18-5-4-15(24-2)11-17(16)18/h2*3-6,8,11,13-14,19-20,23H,1,7,9-10,12H2,2H3/t2*13-,14-,19-,20+/m00/s1. The van der Waals surface area contributed by atoms with Crippen molar-refractivity contribution in [3.63, 3.8) is 0 Å². The van der Waals surface area contributed by atoms with Gasteiger partial charge in [0.15, 0.2) is 0 Å². The third-order valence-corrected chi connectivity index (χ3v) is 11.6. The molecule has 6 fully saturated rings. The quantitative estimate of drug-likeness (QED) is 0.214. The van der Waals surface area contributed by atoms with Crippen molar-refractivity contribution >= 4 is 21.8 Å². The van der Waals surface area contributed by atoms with Crippen LogP contribution >= 0.6 is 0 Å². The van der Waals surface area contributed by atoms with E-state index in [1.165, 1.54) is 12.8 Å². The molecular weight excluding hydrogens is 600 g/mol. The van der Waals surface area contributed by atoms with Gasteiger partial charge in [-0.05, 0) is 122 Å². The summed E-state index contributed by atoms with van der Waals surface area (Å²) in [4.78, 5) is 13.7. The molecule has 4 bridgehead atoms. The second-order valence-corrected chi connectivity index (χ2v) is 13.9. The highest BCUT2D eigenvalue weighted by molar-refractivity contribution is 5.84. The van der Waals surface area contributed by atoms with Crippen LogP contribution in [0.5, 0.6) is 11.5 Å². The maximum absolute atomic E-state index is 11.2. The number of hydrogen-bond donors (Lipinski definition) is 2. The van der Waals surface area contributed by atoms with E-state index in [1.807, 2.05) is 48.5 Å². The van der Waals surface area contributed by atoms with Crippen molar-refractivity contribution in [3.8, 4) is 11.5 Å². The molecular formula is C40H48N4O4.